The van der Waals surface area contributed by atoms with Gasteiger partial charge >= 0.3 is 19.8 Å². The van der Waals surface area contributed by atoms with Crippen LogP contribution in [0.25, 0.3) is 0 Å². The number of phosphoric ester groups is 1. The van der Waals surface area contributed by atoms with Crippen LogP contribution in [0, 0.1) is 0 Å². The average Bonchev–Trinajstić information content (AvgIpc) is 3.22. The Morgan fingerprint density at radius 3 is 1.12 bits per heavy atom. The van der Waals surface area contributed by atoms with E-state index < -0.39 is 58.4 Å². The third kappa shape index (κ3) is 42.4. The van der Waals surface area contributed by atoms with Gasteiger partial charge in [0.25, 0.3) is 0 Å². The molecule has 0 spiro atoms. The summed E-state index contributed by atoms with van der Waals surface area (Å²) in [4.78, 5) is 34.6. The van der Waals surface area contributed by atoms with Crippen LogP contribution in [0.1, 0.15) is 206 Å². The van der Waals surface area contributed by atoms with Crippen molar-refractivity contribution in [1.82, 2.24) is 0 Å². The number of rotatable bonds is 44. The molecule has 0 aliphatic heterocycles. The molecule has 0 bridgehead atoms. The van der Waals surface area contributed by atoms with Gasteiger partial charge in [0.1, 0.15) is 12.2 Å². The van der Waals surface area contributed by atoms with Crippen LogP contribution in [0.4, 0.5) is 0 Å². The van der Waals surface area contributed by atoms with E-state index in [2.05, 4.69) is 62.5 Å². The molecule has 3 unspecified atom stereocenters. The number of ether oxygens (including phenoxy) is 2. The number of hydrogen-bond acceptors (Lipinski definition) is 9. The van der Waals surface area contributed by atoms with Gasteiger partial charge in [0.15, 0.2) is 0 Å². The minimum absolute atomic E-state index is 0.176. The normalized spacial score (nSPS) is 14.2. The number of unbranched alkanes of at least 4 members (excludes halogenated alkanes) is 22. The molecule has 0 rings (SSSR count). The molecule has 11 heteroatoms. The Morgan fingerprint density at radius 2 is 0.746 bits per heavy atom. The monoisotopic (exact) mass is 855 g/mol. The highest BCUT2D eigenvalue weighted by Gasteiger charge is 2.27. The van der Waals surface area contributed by atoms with Gasteiger partial charge in [-0.05, 0) is 77.0 Å². The zero-order valence-corrected chi connectivity index (χ0v) is 38.4. The van der Waals surface area contributed by atoms with Crippen LogP contribution in [0.15, 0.2) is 48.6 Å². The standard InChI is InChI=1S/C48H87O10P/c1-3-5-7-9-11-13-15-17-19-21-22-24-26-28-30-32-34-36-38-40-48(52)58-46(42-50)44-56-59(53,54)55-43-45(41-49)57-47(51)39-37-35-33-31-29-27-25-23-20-18-16-14-12-10-8-6-4-2/h11,13,17-20,22,24,45-46,49-50H,3-10,12,14-16,21,23,25-44H2,1-2H3,(H,53,54)/b13-11-,19-17-,20-18-,24-22-. The van der Waals surface area contributed by atoms with Crippen molar-refractivity contribution in [3.63, 3.8) is 0 Å². The van der Waals surface area contributed by atoms with E-state index in [4.69, 9.17) is 18.5 Å². The van der Waals surface area contributed by atoms with E-state index in [0.717, 1.165) is 77.0 Å². The molecule has 59 heavy (non-hydrogen) atoms. The van der Waals surface area contributed by atoms with Crippen LogP contribution < -0.4 is 0 Å². The highest BCUT2D eigenvalue weighted by molar-refractivity contribution is 7.47. The fourth-order valence-electron chi connectivity index (χ4n) is 6.35. The van der Waals surface area contributed by atoms with Crippen molar-refractivity contribution < 1.29 is 47.8 Å². The van der Waals surface area contributed by atoms with Crippen LogP contribution in [0.5, 0.6) is 0 Å². The van der Waals surface area contributed by atoms with Gasteiger partial charge < -0.3 is 24.6 Å². The fraction of sp³-hybridized carbons (Fsp3) is 0.792. The first-order valence-electron chi connectivity index (χ1n) is 23.6. The predicted octanol–water partition coefficient (Wildman–Crippen LogP) is 12.9. The lowest BCUT2D eigenvalue weighted by Crippen LogP contribution is -2.28. The maximum Gasteiger partial charge on any atom is 0.472 e. The lowest BCUT2D eigenvalue weighted by atomic mass is 10.1. The molecule has 0 fully saturated rings. The quantitative estimate of drug-likeness (QED) is 0.0234. The molecule has 0 heterocycles. The van der Waals surface area contributed by atoms with E-state index in [0.29, 0.717) is 12.8 Å². The van der Waals surface area contributed by atoms with Gasteiger partial charge in [0, 0.05) is 12.8 Å². The number of phosphoric acid groups is 1. The van der Waals surface area contributed by atoms with Crippen LogP contribution >= 0.6 is 7.82 Å². The van der Waals surface area contributed by atoms with E-state index in [-0.39, 0.29) is 12.8 Å². The van der Waals surface area contributed by atoms with Crippen molar-refractivity contribution in [2.75, 3.05) is 26.4 Å². The first-order valence-corrected chi connectivity index (χ1v) is 25.1. The van der Waals surface area contributed by atoms with E-state index in [1.807, 2.05) is 0 Å². The smallest absolute Gasteiger partial charge is 0.457 e. The van der Waals surface area contributed by atoms with Gasteiger partial charge in [-0.15, -0.1) is 0 Å². The van der Waals surface area contributed by atoms with Crippen LogP contribution in [0.3, 0.4) is 0 Å². The van der Waals surface area contributed by atoms with Crippen molar-refractivity contribution >= 4 is 19.8 Å². The number of aliphatic hydroxyl groups excluding tert-OH is 2. The summed E-state index contributed by atoms with van der Waals surface area (Å²) >= 11 is 0. The third-order valence-electron chi connectivity index (χ3n) is 10.0. The summed E-state index contributed by atoms with van der Waals surface area (Å²) in [5.74, 6) is -1.03. The molecule has 0 aromatic heterocycles. The zero-order chi connectivity index (χ0) is 43.3. The summed E-state index contributed by atoms with van der Waals surface area (Å²) < 4.78 is 32.6. The Bertz CT molecular complexity index is 1120. The largest absolute Gasteiger partial charge is 0.472 e. The zero-order valence-electron chi connectivity index (χ0n) is 37.5. The molecule has 10 nitrogen and oxygen atoms in total. The minimum Gasteiger partial charge on any atom is -0.457 e. The van der Waals surface area contributed by atoms with Crippen molar-refractivity contribution in [3.8, 4) is 0 Å². The van der Waals surface area contributed by atoms with Gasteiger partial charge in [-0.1, -0.05) is 165 Å². The molecule has 3 N–H and O–H groups in total. The Morgan fingerprint density at radius 1 is 0.458 bits per heavy atom. The van der Waals surface area contributed by atoms with Crippen LogP contribution in [0.2, 0.25) is 0 Å². The summed E-state index contributed by atoms with van der Waals surface area (Å²) in [7, 11) is -4.64. The summed E-state index contributed by atoms with van der Waals surface area (Å²) in [5, 5.41) is 19.2. The van der Waals surface area contributed by atoms with E-state index in [1.165, 1.54) is 89.9 Å². The van der Waals surface area contributed by atoms with Crippen molar-refractivity contribution in [3.05, 3.63) is 48.6 Å². The number of esters is 2. The van der Waals surface area contributed by atoms with E-state index in [9.17, 15) is 29.3 Å². The molecule has 0 amide bonds. The van der Waals surface area contributed by atoms with Gasteiger partial charge in [0.05, 0.1) is 26.4 Å². The summed E-state index contributed by atoms with van der Waals surface area (Å²) in [6.07, 6.45) is 47.9. The minimum atomic E-state index is -4.64. The fourth-order valence-corrected chi connectivity index (χ4v) is 7.14. The molecule has 0 saturated carbocycles. The molecule has 0 aromatic rings. The number of aliphatic hydroxyl groups is 2. The summed E-state index contributed by atoms with van der Waals surface area (Å²) in [5.41, 5.74) is 0. The Hall–Kier alpha value is -2.07. The molecule has 0 radical (unpaired) electrons. The van der Waals surface area contributed by atoms with Crippen molar-refractivity contribution in [2.24, 2.45) is 0 Å². The highest BCUT2D eigenvalue weighted by Crippen LogP contribution is 2.43. The Balaban J connectivity index is 3.92. The second-order valence-electron chi connectivity index (χ2n) is 15.7. The lowest BCUT2D eigenvalue weighted by molar-refractivity contribution is -0.153. The molecule has 0 aliphatic carbocycles. The topological polar surface area (TPSA) is 149 Å². The molecule has 344 valence electrons. The molecule has 0 aliphatic rings. The number of hydrogen-bond donors (Lipinski definition) is 3. The predicted molar refractivity (Wildman–Crippen MR) is 242 cm³/mol. The second kappa shape index (κ2) is 44.0. The molecular weight excluding hydrogens is 767 g/mol. The number of allylic oxidation sites excluding steroid dienone is 8. The summed E-state index contributed by atoms with van der Waals surface area (Å²) in [6, 6.07) is 0. The molecular formula is C48H87O10P. The van der Waals surface area contributed by atoms with Crippen LogP contribution in [-0.2, 0) is 32.7 Å². The highest BCUT2D eigenvalue weighted by atomic mass is 31.2. The maximum absolute atomic E-state index is 12.4. The third-order valence-corrected chi connectivity index (χ3v) is 11.0. The lowest BCUT2D eigenvalue weighted by Gasteiger charge is -2.20. The Kier molecular flexibility index (Phi) is 42.5. The number of carbonyl (C=O) groups excluding carboxylic acids is 2. The molecule has 0 saturated heterocycles. The van der Waals surface area contributed by atoms with Crippen LogP contribution in [-0.4, -0.2) is 65.7 Å². The SMILES string of the molecule is CCCCC/C=C\C/C=C\C/C=C\CCCCCCCCC(=O)OC(CO)COP(=O)(O)OCC(CO)OC(=O)CCCCCCCCC/C=C\CCCCCCCC. The first-order chi connectivity index (χ1) is 28.8. The van der Waals surface area contributed by atoms with Crippen molar-refractivity contribution in [2.45, 2.75) is 219 Å². The number of carbonyl (C=O) groups is 2. The van der Waals surface area contributed by atoms with Crippen molar-refractivity contribution in [1.29, 1.82) is 0 Å². The van der Waals surface area contributed by atoms with Gasteiger partial charge in [-0.25, -0.2) is 4.57 Å². The second-order valence-corrected chi connectivity index (χ2v) is 17.2. The van der Waals surface area contributed by atoms with Gasteiger partial charge in [0.2, 0.25) is 0 Å². The summed E-state index contributed by atoms with van der Waals surface area (Å²) in [6.45, 7) is 2.17. The molecule has 3 atom stereocenters. The maximum atomic E-state index is 12.4. The van der Waals surface area contributed by atoms with Gasteiger partial charge in [-0.2, -0.15) is 0 Å². The average molecular weight is 855 g/mol. The molecule has 0 aromatic carbocycles. The van der Waals surface area contributed by atoms with E-state index in [1.54, 1.807) is 0 Å². The first kappa shape index (κ1) is 56.9. The Labute approximate surface area is 360 Å². The van der Waals surface area contributed by atoms with Gasteiger partial charge in [-0.3, -0.25) is 18.6 Å². The van der Waals surface area contributed by atoms with E-state index >= 15 is 0 Å².